The number of likely N-dealkylation sites (N-methyl/N-ethyl adjacent to an activating group) is 1. The number of amides is 1. The Hall–Kier alpha value is -2.38. The van der Waals surface area contributed by atoms with Gasteiger partial charge in [-0.05, 0) is 46.4 Å². The van der Waals surface area contributed by atoms with Gasteiger partial charge >= 0.3 is 0 Å². The maximum Gasteiger partial charge on any atom is 0.263 e. The molecule has 6 nitrogen and oxygen atoms in total. The molecule has 1 aromatic rings. The third kappa shape index (κ3) is 3.77. The van der Waals surface area contributed by atoms with Crippen molar-refractivity contribution in [3.63, 3.8) is 0 Å². The molecule has 1 aromatic heterocycles. The summed E-state index contributed by atoms with van der Waals surface area (Å²) in [5.74, 6) is 0.812. The summed E-state index contributed by atoms with van der Waals surface area (Å²) in [6, 6.07) is 0. The Balaban J connectivity index is 1.65. The number of hydrogen-bond donors (Lipinski definition) is 1. The summed E-state index contributed by atoms with van der Waals surface area (Å²) in [5.41, 5.74) is 3.11. The van der Waals surface area contributed by atoms with Crippen molar-refractivity contribution in [1.29, 1.82) is 0 Å². The highest BCUT2D eigenvalue weighted by atomic mass is 32.1. The summed E-state index contributed by atoms with van der Waals surface area (Å²) in [5, 5.41) is 3.84. The van der Waals surface area contributed by atoms with E-state index >= 15 is 0 Å². The van der Waals surface area contributed by atoms with Gasteiger partial charge in [0.25, 0.3) is 5.91 Å². The van der Waals surface area contributed by atoms with Gasteiger partial charge in [0.2, 0.25) is 0 Å². The fraction of sp³-hybridized carbons (Fsp3) is 0.429. The van der Waals surface area contributed by atoms with E-state index in [0.29, 0.717) is 4.88 Å². The number of nitrogens with zero attached hydrogens (tertiary/aromatic N) is 3. The molecule has 1 aliphatic carbocycles. The highest BCUT2D eigenvalue weighted by molar-refractivity contribution is 7.17. The van der Waals surface area contributed by atoms with Gasteiger partial charge in [0.15, 0.2) is 5.13 Å². The number of thiazole rings is 1. The van der Waals surface area contributed by atoms with Crippen LogP contribution in [0.5, 0.6) is 0 Å². The largest absolute Gasteiger partial charge is 0.462 e. The molecular formula is C21H26N4O2S. The number of nitrogens with one attached hydrogen (secondary N) is 1. The number of rotatable bonds is 4. The molecule has 1 N–H and O–H groups in total. The van der Waals surface area contributed by atoms with Crippen LogP contribution in [0.2, 0.25) is 0 Å². The summed E-state index contributed by atoms with van der Waals surface area (Å²) in [6.45, 7) is 4.92. The molecule has 2 aliphatic heterocycles. The molecule has 0 saturated carbocycles. The Morgan fingerprint density at radius 1 is 1.39 bits per heavy atom. The van der Waals surface area contributed by atoms with Crippen LogP contribution in [0.3, 0.4) is 0 Å². The maximum absolute atomic E-state index is 12.4. The first kappa shape index (κ1) is 19.0. The van der Waals surface area contributed by atoms with E-state index in [0.717, 1.165) is 42.4 Å². The van der Waals surface area contributed by atoms with Gasteiger partial charge < -0.3 is 15.0 Å². The predicted octanol–water partition coefficient (Wildman–Crippen LogP) is 3.57. The van der Waals surface area contributed by atoms with Gasteiger partial charge in [-0.2, -0.15) is 0 Å². The molecule has 0 bridgehead atoms. The van der Waals surface area contributed by atoms with E-state index in [2.05, 4.69) is 36.5 Å². The number of aromatic nitrogens is 1. The van der Waals surface area contributed by atoms with Gasteiger partial charge in [-0.15, -0.1) is 0 Å². The summed E-state index contributed by atoms with van der Waals surface area (Å²) < 4.78 is 5.86. The van der Waals surface area contributed by atoms with Gasteiger partial charge in [0.05, 0.1) is 11.9 Å². The monoisotopic (exact) mass is 398 g/mol. The average molecular weight is 399 g/mol. The lowest BCUT2D eigenvalue weighted by molar-refractivity contribution is 0.0901. The van der Waals surface area contributed by atoms with Gasteiger partial charge in [0.1, 0.15) is 16.9 Å². The van der Waals surface area contributed by atoms with Crippen LogP contribution in [0.4, 0.5) is 5.13 Å². The summed E-state index contributed by atoms with van der Waals surface area (Å²) in [7, 11) is 4.14. The van der Waals surface area contributed by atoms with Crippen LogP contribution in [0, 0.1) is 0 Å². The zero-order valence-corrected chi connectivity index (χ0v) is 17.6. The predicted molar refractivity (Wildman–Crippen MR) is 112 cm³/mol. The summed E-state index contributed by atoms with van der Waals surface area (Å²) >= 11 is 1.42. The number of carbonyl (C=O) groups is 1. The fourth-order valence-corrected chi connectivity index (χ4v) is 4.63. The van der Waals surface area contributed by atoms with Crippen molar-refractivity contribution in [2.24, 2.45) is 0 Å². The van der Waals surface area contributed by atoms with E-state index in [9.17, 15) is 4.79 Å². The molecule has 4 rings (SSSR count). The van der Waals surface area contributed by atoms with Crippen molar-refractivity contribution in [3.8, 4) is 0 Å². The van der Waals surface area contributed by atoms with E-state index in [1.807, 2.05) is 31.1 Å². The zero-order valence-electron chi connectivity index (χ0n) is 16.8. The molecule has 3 aliphatic rings. The minimum atomic E-state index is -0.266. The van der Waals surface area contributed by atoms with Crippen molar-refractivity contribution < 1.29 is 9.53 Å². The van der Waals surface area contributed by atoms with Crippen molar-refractivity contribution in [1.82, 2.24) is 15.2 Å². The fourth-order valence-electron chi connectivity index (χ4n) is 3.70. The number of carbonyl (C=O) groups excluding carboxylic acids is 1. The Bertz CT molecular complexity index is 921. The van der Waals surface area contributed by atoms with Crippen molar-refractivity contribution in [2.45, 2.75) is 38.6 Å². The quantitative estimate of drug-likeness (QED) is 0.840. The van der Waals surface area contributed by atoms with Crippen LogP contribution < -0.4 is 10.2 Å². The lowest BCUT2D eigenvalue weighted by Gasteiger charge is -2.29. The molecule has 0 unspecified atom stereocenters. The Labute approximate surface area is 169 Å². The van der Waals surface area contributed by atoms with Crippen LogP contribution in [0.1, 0.15) is 42.1 Å². The zero-order chi connectivity index (χ0) is 19.9. The molecule has 7 heteroatoms. The molecule has 3 heterocycles. The Kier molecular flexibility index (Phi) is 4.89. The molecule has 0 spiro atoms. The molecule has 148 valence electrons. The van der Waals surface area contributed by atoms with Crippen LogP contribution in [0.25, 0.3) is 0 Å². The molecule has 28 heavy (non-hydrogen) atoms. The van der Waals surface area contributed by atoms with Crippen molar-refractivity contribution in [2.75, 3.05) is 25.5 Å². The van der Waals surface area contributed by atoms with E-state index in [4.69, 9.17) is 9.72 Å². The van der Waals surface area contributed by atoms with Gasteiger partial charge in [-0.3, -0.25) is 9.69 Å². The lowest BCUT2D eigenvalue weighted by Crippen LogP contribution is -2.48. The van der Waals surface area contributed by atoms with Crippen LogP contribution in [0.15, 0.2) is 47.7 Å². The number of fused-ring (bicyclic) bond motifs is 1. The molecule has 0 fully saturated rings. The van der Waals surface area contributed by atoms with Crippen molar-refractivity contribution >= 4 is 22.4 Å². The van der Waals surface area contributed by atoms with Gasteiger partial charge in [0, 0.05) is 30.3 Å². The maximum atomic E-state index is 12.4. The number of allylic oxidation sites excluding steroid dienone is 2. The lowest BCUT2D eigenvalue weighted by atomic mass is 9.94. The highest BCUT2D eigenvalue weighted by Crippen LogP contribution is 2.35. The second kappa shape index (κ2) is 7.22. The average Bonchev–Trinajstić information content (AvgIpc) is 3.05. The summed E-state index contributed by atoms with van der Waals surface area (Å²) in [4.78, 5) is 22.0. The third-order valence-electron chi connectivity index (χ3n) is 4.90. The van der Waals surface area contributed by atoms with E-state index < -0.39 is 0 Å². The smallest absolute Gasteiger partial charge is 0.263 e. The molecule has 1 amide bonds. The summed E-state index contributed by atoms with van der Waals surface area (Å²) in [6.07, 6.45) is 12.6. The van der Waals surface area contributed by atoms with Crippen molar-refractivity contribution in [3.05, 3.63) is 58.3 Å². The second-order valence-corrected chi connectivity index (χ2v) is 9.25. The third-order valence-corrected chi connectivity index (χ3v) is 6.01. The SMILES string of the molecule is CN(C)CC1=C(C2=CN(c3nc4c(s3)C(=O)NC(C)(C)C4)C=CO2)CCC=C1. The Morgan fingerprint density at radius 3 is 3.00 bits per heavy atom. The standard InChI is InChI=1S/C21H26N4O2S/c1-21(2)11-16-18(19(26)23-21)28-20(22-16)25-9-10-27-17(13-25)15-8-6-5-7-14(15)12-24(3)4/h5,7,9-10,13H,6,8,11-12H2,1-4H3,(H,23,26). The van der Waals surface area contributed by atoms with E-state index in [-0.39, 0.29) is 11.4 Å². The topological polar surface area (TPSA) is 57.7 Å². The minimum Gasteiger partial charge on any atom is -0.462 e. The molecule has 0 radical (unpaired) electrons. The van der Waals surface area contributed by atoms with Gasteiger partial charge in [-0.1, -0.05) is 23.5 Å². The van der Waals surface area contributed by atoms with E-state index in [1.165, 1.54) is 22.5 Å². The molecule has 0 atom stereocenters. The minimum absolute atomic E-state index is 0.0372. The van der Waals surface area contributed by atoms with Crippen LogP contribution in [-0.2, 0) is 11.2 Å². The second-order valence-electron chi connectivity index (χ2n) is 8.27. The molecule has 0 aromatic carbocycles. The first-order chi connectivity index (χ1) is 13.3. The molecule has 0 saturated heterocycles. The molecular weight excluding hydrogens is 372 g/mol. The first-order valence-corrected chi connectivity index (χ1v) is 10.3. The van der Waals surface area contributed by atoms with Crippen LogP contribution in [-0.4, -0.2) is 42.0 Å². The van der Waals surface area contributed by atoms with E-state index in [1.54, 1.807) is 6.26 Å². The Morgan fingerprint density at radius 2 is 2.21 bits per heavy atom. The number of ether oxygens (including phenoxy) is 1. The number of anilines is 1. The normalized spacial score (nSPS) is 20.8. The first-order valence-electron chi connectivity index (χ1n) is 9.52. The highest BCUT2D eigenvalue weighted by Gasteiger charge is 2.34. The van der Waals surface area contributed by atoms with Gasteiger partial charge in [-0.25, -0.2) is 4.98 Å². The van der Waals surface area contributed by atoms with Crippen LogP contribution >= 0.6 is 11.3 Å². The number of hydrogen-bond acceptors (Lipinski definition) is 6.